The summed E-state index contributed by atoms with van der Waals surface area (Å²) >= 11 is 1.48. The average molecular weight is 369 g/mol. The standard InChI is InChI=1S/C20H23N3O2S/c1-13-4-3-9-23(11-13)12-18-21-16-10-17(26-19(16)20(24)22-18)14-5-7-15(25-2)8-6-14/h5-8,10,13H,3-4,9,11-12H2,1-2H3,(H,21,22,24)/t13-/m0/s1. The van der Waals surface area contributed by atoms with E-state index in [-0.39, 0.29) is 5.56 Å². The number of H-pyrrole nitrogens is 1. The minimum Gasteiger partial charge on any atom is -0.497 e. The second kappa shape index (κ2) is 7.21. The molecule has 0 aliphatic carbocycles. The molecule has 1 aliphatic heterocycles. The number of ether oxygens (including phenoxy) is 1. The fraction of sp³-hybridized carbons (Fsp3) is 0.400. The molecule has 0 amide bonds. The SMILES string of the molecule is COc1ccc(-c2cc3nc(CN4CCC[C@H](C)C4)[nH]c(=O)c3s2)cc1. The van der Waals surface area contributed by atoms with E-state index in [9.17, 15) is 4.79 Å². The molecule has 2 aromatic heterocycles. The van der Waals surface area contributed by atoms with Crippen LogP contribution >= 0.6 is 11.3 Å². The van der Waals surface area contributed by atoms with Gasteiger partial charge in [-0.05, 0) is 61.2 Å². The van der Waals surface area contributed by atoms with Crippen LogP contribution in [0.5, 0.6) is 5.75 Å². The van der Waals surface area contributed by atoms with Crippen molar-refractivity contribution in [3.05, 3.63) is 46.5 Å². The summed E-state index contributed by atoms with van der Waals surface area (Å²) < 4.78 is 5.90. The number of piperidine rings is 1. The van der Waals surface area contributed by atoms with Gasteiger partial charge in [0.1, 0.15) is 16.3 Å². The monoisotopic (exact) mass is 369 g/mol. The highest BCUT2D eigenvalue weighted by Gasteiger charge is 2.18. The number of nitrogens with zero attached hydrogens (tertiary/aromatic N) is 2. The quantitative estimate of drug-likeness (QED) is 0.758. The van der Waals surface area contributed by atoms with E-state index < -0.39 is 0 Å². The Kier molecular flexibility index (Phi) is 4.78. The summed E-state index contributed by atoms with van der Waals surface area (Å²) in [7, 11) is 1.66. The highest BCUT2D eigenvalue weighted by Crippen LogP contribution is 2.32. The maximum absolute atomic E-state index is 12.5. The van der Waals surface area contributed by atoms with Crippen LogP contribution in [0, 0.1) is 5.92 Å². The van der Waals surface area contributed by atoms with Crippen molar-refractivity contribution in [3.63, 3.8) is 0 Å². The first kappa shape index (κ1) is 17.2. The number of hydrogen-bond donors (Lipinski definition) is 1. The third-order valence-electron chi connectivity index (χ3n) is 4.92. The molecule has 1 aliphatic rings. The molecule has 136 valence electrons. The minimum atomic E-state index is -0.0418. The molecule has 3 heterocycles. The van der Waals surface area contributed by atoms with Crippen LogP contribution in [0.25, 0.3) is 20.7 Å². The number of fused-ring (bicyclic) bond motifs is 1. The number of likely N-dealkylation sites (tertiary alicyclic amines) is 1. The third-order valence-corrected chi connectivity index (χ3v) is 6.09. The summed E-state index contributed by atoms with van der Waals surface area (Å²) in [5.41, 5.74) is 1.81. The van der Waals surface area contributed by atoms with Gasteiger partial charge in [-0.15, -0.1) is 11.3 Å². The number of thiophene rings is 1. The Morgan fingerprint density at radius 3 is 2.88 bits per heavy atom. The normalized spacial score (nSPS) is 18.3. The van der Waals surface area contributed by atoms with Crippen LogP contribution in [0.3, 0.4) is 0 Å². The number of aromatic amines is 1. The van der Waals surface area contributed by atoms with Crippen LogP contribution in [0.15, 0.2) is 35.1 Å². The molecule has 1 aromatic carbocycles. The van der Waals surface area contributed by atoms with Gasteiger partial charge >= 0.3 is 0 Å². The molecule has 1 fully saturated rings. The molecule has 0 saturated carbocycles. The lowest BCUT2D eigenvalue weighted by Crippen LogP contribution is -2.34. The maximum atomic E-state index is 12.5. The summed E-state index contributed by atoms with van der Waals surface area (Å²) in [6.45, 7) is 5.14. The van der Waals surface area contributed by atoms with Gasteiger partial charge in [0.25, 0.3) is 5.56 Å². The van der Waals surface area contributed by atoms with E-state index in [1.165, 1.54) is 24.2 Å². The topological polar surface area (TPSA) is 58.2 Å². The van der Waals surface area contributed by atoms with Crippen molar-refractivity contribution in [1.82, 2.24) is 14.9 Å². The predicted molar refractivity (Wildman–Crippen MR) is 106 cm³/mol. The van der Waals surface area contributed by atoms with Crippen LogP contribution in [0.4, 0.5) is 0 Å². The Hall–Kier alpha value is -2.18. The summed E-state index contributed by atoms with van der Waals surface area (Å²) in [6.07, 6.45) is 2.50. The molecule has 26 heavy (non-hydrogen) atoms. The summed E-state index contributed by atoms with van der Waals surface area (Å²) in [5, 5.41) is 0. The molecule has 0 unspecified atom stereocenters. The Balaban J connectivity index is 1.63. The Morgan fingerprint density at radius 2 is 2.15 bits per heavy atom. The highest BCUT2D eigenvalue weighted by atomic mass is 32.1. The maximum Gasteiger partial charge on any atom is 0.268 e. The molecular formula is C20H23N3O2S. The van der Waals surface area contributed by atoms with Crippen LogP contribution in [0.2, 0.25) is 0 Å². The van der Waals surface area contributed by atoms with E-state index in [4.69, 9.17) is 9.72 Å². The van der Waals surface area contributed by atoms with Crippen molar-refractivity contribution >= 4 is 21.6 Å². The second-order valence-corrected chi connectivity index (χ2v) is 8.10. The molecule has 0 spiro atoms. The number of rotatable bonds is 4. The van der Waals surface area contributed by atoms with E-state index in [1.807, 2.05) is 30.3 Å². The molecule has 3 aromatic rings. The van der Waals surface area contributed by atoms with Crippen molar-refractivity contribution in [2.45, 2.75) is 26.3 Å². The predicted octanol–water partition coefficient (Wildman–Crippen LogP) is 3.89. The van der Waals surface area contributed by atoms with Gasteiger partial charge in [0.2, 0.25) is 0 Å². The summed E-state index contributed by atoms with van der Waals surface area (Å²) in [6, 6.07) is 9.89. The second-order valence-electron chi connectivity index (χ2n) is 7.05. The number of methoxy groups -OCH3 is 1. The molecule has 6 heteroatoms. The van der Waals surface area contributed by atoms with Gasteiger partial charge < -0.3 is 9.72 Å². The molecule has 0 radical (unpaired) electrons. The molecule has 4 rings (SSSR count). The van der Waals surface area contributed by atoms with Crippen LogP contribution < -0.4 is 10.3 Å². The molecule has 5 nitrogen and oxygen atoms in total. The van der Waals surface area contributed by atoms with E-state index in [2.05, 4.69) is 16.8 Å². The van der Waals surface area contributed by atoms with Crippen LogP contribution in [-0.4, -0.2) is 35.1 Å². The fourth-order valence-electron chi connectivity index (χ4n) is 3.60. The van der Waals surface area contributed by atoms with E-state index in [1.54, 1.807) is 7.11 Å². The highest BCUT2D eigenvalue weighted by molar-refractivity contribution is 7.22. The number of aromatic nitrogens is 2. The molecule has 1 atom stereocenters. The Labute approximate surface area is 156 Å². The van der Waals surface area contributed by atoms with Gasteiger partial charge in [-0.1, -0.05) is 6.92 Å². The molecule has 1 N–H and O–H groups in total. The Morgan fingerprint density at radius 1 is 1.35 bits per heavy atom. The number of nitrogens with one attached hydrogen (secondary N) is 1. The van der Waals surface area contributed by atoms with Crippen LogP contribution in [-0.2, 0) is 6.54 Å². The van der Waals surface area contributed by atoms with Gasteiger partial charge in [-0.3, -0.25) is 9.69 Å². The van der Waals surface area contributed by atoms with E-state index >= 15 is 0 Å². The van der Waals surface area contributed by atoms with Gasteiger partial charge in [-0.25, -0.2) is 4.98 Å². The van der Waals surface area contributed by atoms with Gasteiger partial charge in [0.05, 0.1) is 19.2 Å². The summed E-state index contributed by atoms with van der Waals surface area (Å²) in [5.74, 6) is 2.29. The molecule has 1 saturated heterocycles. The van der Waals surface area contributed by atoms with Crippen molar-refractivity contribution in [1.29, 1.82) is 0 Å². The minimum absolute atomic E-state index is 0.0418. The van der Waals surface area contributed by atoms with Gasteiger partial charge in [0, 0.05) is 11.4 Å². The largest absolute Gasteiger partial charge is 0.497 e. The average Bonchev–Trinajstić information content (AvgIpc) is 3.06. The van der Waals surface area contributed by atoms with Crippen molar-refractivity contribution < 1.29 is 4.74 Å². The first-order valence-corrected chi connectivity index (χ1v) is 9.83. The van der Waals surface area contributed by atoms with Crippen molar-refractivity contribution in [2.75, 3.05) is 20.2 Å². The lowest BCUT2D eigenvalue weighted by atomic mass is 10.0. The Bertz CT molecular complexity index is 961. The zero-order valence-electron chi connectivity index (χ0n) is 15.1. The number of benzene rings is 1. The summed E-state index contributed by atoms with van der Waals surface area (Å²) in [4.78, 5) is 23.7. The van der Waals surface area contributed by atoms with Gasteiger partial charge in [-0.2, -0.15) is 0 Å². The zero-order chi connectivity index (χ0) is 18.1. The van der Waals surface area contributed by atoms with Crippen molar-refractivity contribution in [2.24, 2.45) is 5.92 Å². The first-order valence-electron chi connectivity index (χ1n) is 9.02. The number of hydrogen-bond acceptors (Lipinski definition) is 5. The lowest BCUT2D eigenvalue weighted by Gasteiger charge is -2.30. The zero-order valence-corrected chi connectivity index (χ0v) is 15.9. The van der Waals surface area contributed by atoms with Gasteiger partial charge in [0.15, 0.2) is 0 Å². The first-order chi connectivity index (χ1) is 12.6. The molecular weight excluding hydrogens is 346 g/mol. The fourth-order valence-corrected chi connectivity index (χ4v) is 4.60. The van der Waals surface area contributed by atoms with Crippen LogP contribution in [0.1, 0.15) is 25.6 Å². The molecule has 0 bridgehead atoms. The van der Waals surface area contributed by atoms with E-state index in [0.29, 0.717) is 17.2 Å². The van der Waals surface area contributed by atoms with E-state index in [0.717, 1.165) is 40.6 Å². The smallest absolute Gasteiger partial charge is 0.268 e. The third kappa shape index (κ3) is 3.52. The van der Waals surface area contributed by atoms with Crippen molar-refractivity contribution in [3.8, 4) is 16.2 Å². The lowest BCUT2D eigenvalue weighted by molar-refractivity contribution is 0.173.